The molecule has 4 N–H and O–H groups in total. The highest BCUT2D eigenvalue weighted by molar-refractivity contribution is 5.88. The molecule has 2 heterocycles. The number of hydrogen-bond donors (Lipinski definition) is 3. The van der Waals surface area contributed by atoms with Gasteiger partial charge in [-0.1, -0.05) is 30.3 Å². The number of hydrogen-bond acceptors (Lipinski definition) is 4. The first kappa shape index (κ1) is 31.0. The number of ether oxygens (including phenoxy) is 1. The summed E-state index contributed by atoms with van der Waals surface area (Å²) >= 11 is 0. The van der Waals surface area contributed by atoms with Gasteiger partial charge in [0.15, 0.2) is 0 Å². The van der Waals surface area contributed by atoms with E-state index < -0.39 is 35.7 Å². The molecule has 0 aromatic heterocycles. The number of benzene rings is 2. The smallest absolute Gasteiger partial charge is 0.385 e. The number of alkyl halides is 6. The van der Waals surface area contributed by atoms with Gasteiger partial charge in [-0.3, -0.25) is 0 Å². The van der Waals surface area contributed by atoms with Gasteiger partial charge in [0.1, 0.15) is 0 Å². The first-order valence-electron chi connectivity index (χ1n) is 13.5. The van der Waals surface area contributed by atoms with E-state index >= 15 is 0 Å². The van der Waals surface area contributed by atoms with Gasteiger partial charge in [0, 0.05) is 24.7 Å². The average molecular weight is 583 g/mol. The van der Waals surface area contributed by atoms with Gasteiger partial charge in [-0.25, -0.2) is 0 Å². The van der Waals surface area contributed by atoms with E-state index in [1.807, 2.05) is 54.0 Å². The SMILES string of the molecule is N=C(COCc1cc(C(F)(F)F)cc(C(F)(F)F)c1)C(CCN1CCC(O)(c2ccccc2)CC1)C1=CC[NH2+]C=C1. The summed E-state index contributed by atoms with van der Waals surface area (Å²) in [5.41, 5.74) is -1.91. The van der Waals surface area contributed by atoms with Crippen molar-refractivity contribution in [2.75, 3.05) is 32.8 Å². The van der Waals surface area contributed by atoms with Crippen LogP contribution in [-0.4, -0.2) is 48.5 Å². The molecular weight excluding hydrogens is 548 g/mol. The minimum Gasteiger partial charge on any atom is -0.385 e. The van der Waals surface area contributed by atoms with Crippen LogP contribution in [0.15, 0.2) is 72.5 Å². The van der Waals surface area contributed by atoms with Crippen LogP contribution < -0.4 is 5.32 Å². The first-order valence-corrected chi connectivity index (χ1v) is 13.5. The Morgan fingerprint density at radius 3 is 2.20 bits per heavy atom. The molecule has 11 heteroatoms. The van der Waals surface area contributed by atoms with Gasteiger partial charge < -0.3 is 25.5 Å². The molecule has 0 spiro atoms. The molecule has 2 aliphatic rings. The fraction of sp³-hybridized carbons (Fsp3) is 0.433. The Bertz CT molecular complexity index is 1220. The monoisotopic (exact) mass is 582 g/mol. The molecule has 222 valence electrons. The molecule has 41 heavy (non-hydrogen) atoms. The van der Waals surface area contributed by atoms with Crippen molar-refractivity contribution in [3.63, 3.8) is 0 Å². The Labute approximate surface area is 235 Å². The average Bonchev–Trinajstić information content (AvgIpc) is 2.94. The third kappa shape index (κ3) is 8.28. The fourth-order valence-electron chi connectivity index (χ4n) is 5.31. The van der Waals surface area contributed by atoms with E-state index in [4.69, 9.17) is 10.1 Å². The van der Waals surface area contributed by atoms with Gasteiger partial charge in [0.25, 0.3) is 0 Å². The predicted octanol–water partition coefficient (Wildman–Crippen LogP) is 5.27. The van der Waals surface area contributed by atoms with Crippen molar-refractivity contribution in [3.8, 4) is 0 Å². The van der Waals surface area contributed by atoms with Gasteiger partial charge >= 0.3 is 12.4 Å². The molecule has 1 atom stereocenters. The van der Waals surface area contributed by atoms with Crippen molar-refractivity contribution >= 4 is 5.71 Å². The lowest BCUT2D eigenvalue weighted by Crippen LogP contribution is -2.78. The first-order chi connectivity index (χ1) is 19.3. The summed E-state index contributed by atoms with van der Waals surface area (Å²) in [7, 11) is 0. The van der Waals surface area contributed by atoms with Crippen LogP contribution in [-0.2, 0) is 29.3 Å². The zero-order valence-corrected chi connectivity index (χ0v) is 22.4. The zero-order chi connectivity index (χ0) is 29.7. The Morgan fingerprint density at radius 2 is 1.63 bits per heavy atom. The summed E-state index contributed by atoms with van der Waals surface area (Å²) in [4.78, 5) is 2.24. The third-order valence-electron chi connectivity index (χ3n) is 7.64. The number of nitrogens with one attached hydrogen (secondary N) is 1. The molecule has 0 radical (unpaired) electrons. The largest absolute Gasteiger partial charge is 0.416 e. The van der Waals surface area contributed by atoms with Gasteiger partial charge in [-0.15, -0.1) is 0 Å². The summed E-state index contributed by atoms with van der Waals surface area (Å²) < 4.78 is 84.6. The van der Waals surface area contributed by atoms with E-state index in [0.717, 1.165) is 11.1 Å². The van der Waals surface area contributed by atoms with Crippen molar-refractivity contribution in [3.05, 3.63) is 94.7 Å². The highest BCUT2D eigenvalue weighted by Crippen LogP contribution is 2.37. The molecule has 2 aromatic rings. The van der Waals surface area contributed by atoms with Crippen LogP contribution in [0.5, 0.6) is 0 Å². The Balaban J connectivity index is 1.37. The molecule has 5 nitrogen and oxygen atoms in total. The molecule has 4 rings (SSSR count). The predicted molar refractivity (Wildman–Crippen MR) is 142 cm³/mol. The molecule has 2 aromatic carbocycles. The van der Waals surface area contributed by atoms with Crippen molar-refractivity contribution in [2.45, 2.75) is 43.8 Å². The highest BCUT2D eigenvalue weighted by Gasteiger charge is 2.37. The van der Waals surface area contributed by atoms with E-state index in [-0.39, 0.29) is 29.9 Å². The summed E-state index contributed by atoms with van der Waals surface area (Å²) in [6.45, 7) is 2.01. The lowest BCUT2D eigenvalue weighted by atomic mass is 9.84. The van der Waals surface area contributed by atoms with Crippen LogP contribution in [0.4, 0.5) is 26.3 Å². The number of allylic oxidation sites excluding steroid dienone is 2. The molecular formula is C30H34F6N3O2+. The summed E-state index contributed by atoms with van der Waals surface area (Å²) in [6, 6.07) is 10.9. The van der Waals surface area contributed by atoms with Gasteiger partial charge in [-0.05, 0) is 72.9 Å². The van der Waals surface area contributed by atoms with Crippen LogP contribution in [0, 0.1) is 11.3 Å². The molecule has 1 unspecified atom stereocenters. The number of halogens is 6. The van der Waals surface area contributed by atoms with Crippen LogP contribution in [0.1, 0.15) is 41.5 Å². The van der Waals surface area contributed by atoms with Crippen molar-refractivity contribution < 1.29 is 41.5 Å². The molecule has 0 amide bonds. The van der Waals surface area contributed by atoms with Gasteiger partial charge in [0.05, 0.1) is 42.7 Å². The standard InChI is InChI=1S/C30H33F6N3O2/c31-29(32,33)24-16-21(17-25(18-24)30(34,35)36)19-41-20-27(37)26(22-6-11-38-12-7-22)8-13-39-14-9-28(40,10-15-39)23-4-2-1-3-5-23/h1-7,11,16-18,26,37-38,40H,8-10,12-15,19-20H2/p+1. The normalized spacial score (nSPS) is 18.7. The van der Waals surface area contributed by atoms with Crippen molar-refractivity contribution in [1.82, 2.24) is 4.90 Å². The van der Waals surface area contributed by atoms with Gasteiger partial charge in [-0.2, -0.15) is 26.3 Å². The highest BCUT2D eigenvalue weighted by atomic mass is 19.4. The van der Waals surface area contributed by atoms with Crippen LogP contribution >= 0.6 is 0 Å². The molecule has 1 fully saturated rings. The topological polar surface area (TPSA) is 73.2 Å². The molecule has 0 aliphatic carbocycles. The number of nitrogens with two attached hydrogens (primary N) is 1. The second kappa shape index (κ2) is 12.9. The molecule has 2 aliphatic heterocycles. The summed E-state index contributed by atoms with van der Waals surface area (Å²) in [5, 5.41) is 21.8. The molecule has 0 saturated carbocycles. The maximum absolute atomic E-state index is 13.2. The van der Waals surface area contributed by atoms with Crippen LogP contribution in [0.3, 0.4) is 0 Å². The number of rotatable bonds is 10. The third-order valence-corrected chi connectivity index (χ3v) is 7.64. The number of likely N-dealkylation sites (tertiary alicyclic amines) is 1. The van der Waals surface area contributed by atoms with Crippen molar-refractivity contribution in [1.29, 1.82) is 5.41 Å². The maximum Gasteiger partial charge on any atom is 0.416 e. The maximum atomic E-state index is 13.2. The van der Waals surface area contributed by atoms with E-state index in [9.17, 15) is 31.4 Å². The van der Waals surface area contributed by atoms with E-state index in [2.05, 4.69) is 4.90 Å². The van der Waals surface area contributed by atoms with E-state index in [1.165, 1.54) is 0 Å². The zero-order valence-electron chi connectivity index (χ0n) is 22.4. The fourth-order valence-corrected chi connectivity index (χ4v) is 5.31. The quantitative estimate of drug-likeness (QED) is 0.264. The second-order valence-electron chi connectivity index (χ2n) is 10.5. The Kier molecular flexibility index (Phi) is 9.73. The number of quaternary nitrogens is 1. The van der Waals surface area contributed by atoms with Gasteiger partial charge in [0.2, 0.25) is 0 Å². The lowest BCUT2D eigenvalue weighted by Gasteiger charge is -2.39. The number of aliphatic hydroxyl groups is 1. The molecule has 0 bridgehead atoms. The lowest BCUT2D eigenvalue weighted by molar-refractivity contribution is -0.579. The van der Waals surface area contributed by atoms with E-state index in [0.29, 0.717) is 57.6 Å². The van der Waals surface area contributed by atoms with Crippen molar-refractivity contribution in [2.24, 2.45) is 5.92 Å². The van der Waals surface area contributed by atoms with Crippen LogP contribution in [0.25, 0.3) is 0 Å². The Hall–Kier alpha value is -2.99. The molecule has 1 saturated heterocycles. The summed E-state index contributed by atoms with van der Waals surface area (Å²) in [5.74, 6) is -0.317. The van der Waals surface area contributed by atoms with E-state index in [1.54, 1.807) is 0 Å². The second-order valence-corrected chi connectivity index (χ2v) is 10.5. The van der Waals surface area contributed by atoms with Crippen LogP contribution in [0.2, 0.25) is 0 Å². The minimum absolute atomic E-state index is 0.0851. The number of piperidine rings is 1. The minimum atomic E-state index is -4.93. The Morgan fingerprint density at radius 1 is 1.00 bits per heavy atom. The number of nitrogens with zero attached hydrogens (tertiary/aromatic N) is 1. The summed E-state index contributed by atoms with van der Waals surface area (Å²) in [6.07, 6.45) is -2.30.